The van der Waals surface area contributed by atoms with Gasteiger partial charge in [-0.15, -0.1) is 0 Å². The summed E-state index contributed by atoms with van der Waals surface area (Å²) < 4.78 is 38.3. The molecule has 2 heterocycles. The van der Waals surface area contributed by atoms with Gasteiger partial charge in [-0.2, -0.15) is 18.4 Å². The molecule has 0 atom stereocenters. The monoisotopic (exact) mass is 436 g/mol. The van der Waals surface area contributed by atoms with Gasteiger partial charge in [-0.25, -0.2) is 4.98 Å². The van der Waals surface area contributed by atoms with Crippen LogP contribution in [-0.2, 0) is 12.7 Å². The van der Waals surface area contributed by atoms with Crippen molar-refractivity contribution in [3.05, 3.63) is 83.6 Å². The maximum absolute atomic E-state index is 12.8. The largest absolute Gasteiger partial charge is 0.417 e. The SMILES string of the molecule is N#Cc1ccccc1-c1ccc(CN2CCCN(c3ccc(C(F)(F)F)cn3)CC2)cc1. The van der Waals surface area contributed by atoms with Crippen molar-refractivity contribution in [2.45, 2.75) is 19.1 Å². The summed E-state index contributed by atoms with van der Waals surface area (Å²) in [6, 6.07) is 20.6. The van der Waals surface area contributed by atoms with Crippen molar-refractivity contribution >= 4 is 5.82 Å². The first-order valence-corrected chi connectivity index (χ1v) is 10.5. The Morgan fingerprint density at radius 3 is 2.38 bits per heavy atom. The van der Waals surface area contributed by atoms with E-state index in [4.69, 9.17) is 0 Å². The van der Waals surface area contributed by atoms with Gasteiger partial charge in [0.1, 0.15) is 5.82 Å². The highest BCUT2D eigenvalue weighted by atomic mass is 19.4. The zero-order valence-electron chi connectivity index (χ0n) is 17.5. The van der Waals surface area contributed by atoms with Gasteiger partial charge in [0.05, 0.1) is 17.2 Å². The van der Waals surface area contributed by atoms with Crippen LogP contribution in [0.3, 0.4) is 0 Å². The van der Waals surface area contributed by atoms with Crippen molar-refractivity contribution in [2.24, 2.45) is 0 Å². The maximum Gasteiger partial charge on any atom is 0.417 e. The van der Waals surface area contributed by atoms with Gasteiger partial charge >= 0.3 is 6.18 Å². The number of rotatable bonds is 4. The molecule has 0 saturated carbocycles. The van der Waals surface area contributed by atoms with Crippen LogP contribution in [-0.4, -0.2) is 36.1 Å². The highest BCUT2D eigenvalue weighted by Gasteiger charge is 2.31. The lowest BCUT2D eigenvalue weighted by atomic mass is 9.99. The van der Waals surface area contributed by atoms with Crippen LogP contribution in [0, 0.1) is 11.3 Å². The minimum Gasteiger partial charge on any atom is -0.355 e. The first-order chi connectivity index (χ1) is 15.4. The minimum atomic E-state index is -4.37. The summed E-state index contributed by atoms with van der Waals surface area (Å²) in [6.07, 6.45) is -2.55. The number of halogens is 3. The van der Waals surface area contributed by atoms with Gasteiger partial charge in [-0.1, -0.05) is 42.5 Å². The lowest BCUT2D eigenvalue weighted by Crippen LogP contribution is -2.31. The number of alkyl halides is 3. The first-order valence-electron chi connectivity index (χ1n) is 10.5. The third-order valence-electron chi connectivity index (χ3n) is 5.71. The van der Waals surface area contributed by atoms with Crippen LogP contribution < -0.4 is 4.90 Å². The Morgan fingerprint density at radius 1 is 0.906 bits per heavy atom. The molecule has 3 aromatic rings. The van der Waals surface area contributed by atoms with E-state index in [2.05, 4.69) is 28.1 Å². The van der Waals surface area contributed by atoms with Crippen LogP contribution in [0.5, 0.6) is 0 Å². The first kappa shape index (κ1) is 21.8. The summed E-state index contributed by atoms with van der Waals surface area (Å²) >= 11 is 0. The predicted molar refractivity (Wildman–Crippen MR) is 118 cm³/mol. The Kier molecular flexibility index (Phi) is 6.42. The molecule has 1 aromatic heterocycles. The number of hydrogen-bond donors (Lipinski definition) is 0. The zero-order chi connectivity index (χ0) is 22.6. The van der Waals surface area contributed by atoms with Crippen LogP contribution in [0.1, 0.15) is 23.1 Å². The lowest BCUT2D eigenvalue weighted by molar-refractivity contribution is -0.137. The number of hydrogen-bond acceptors (Lipinski definition) is 4. The van der Waals surface area contributed by atoms with Crippen LogP contribution in [0.25, 0.3) is 11.1 Å². The lowest BCUT2D eigenvalue weighted by Gasteiger charge is -2.23. The molecule has 0 N–H and O–H groups in total. The molecule has 0 spiro atoms. The van der Waals surface area contributed by atoms with Crippen LogP contribution in [0.4, 0.5) is 19.0 Å². The Morgan fingerprint density at radius 2 is 1.69 bits per heavy atom. The summed E-state index contributed by atoms with van der Waals surface area (Å²) in [5.41, 5.74) is 3.06. The molecule has 164 valence electrons. The summed E-state index contributed by atoms with van der Waals surface area (Å²) in [7, 11) is 0. The molecule has 4 rings (SSSR count). The van der Waals surface area contributed by atoms with E-state index in [0.29, 0.717) is 17.9 Å². The Balaban J connectivity index is 1.38. The molecule has 0 bridgehead atoms. The molecule has 0 amide bonds. The number of benzene rings is 2. The molecule has 4 nitrogen and oxygen atoms in total. The molecule has 1 saturated heterocycles. The Hall–Kier alpha value is -3.37. The average Bonchev–Trinajstić information content (AvgIpc) is 3.05. The molecule has 1 fully saturated rings. The Bertz CT molecular complexity index is 1090. The van der Waals surface area contributed by atoms with Gasteiger partial charge in [0, 0.05) is 38.9 Å². The number of anilines is 1. The van der Waals surface area contributed by atoms with E-state index < -0.39 is 11.7 Å². The van der Waals surface area contributed by atoms with Crippen LogP contribution in [0.2, 0.25) is 0 Å². The normalized spacial score (nSPS) is 15.2. The average molecular weight is 436 g/mol. The van der Waals surface area contributed by atoms with E-state index in [9.17, 15) is 18.4 Å². The van der Waals surface area contributed by atoms with Gasteiger partial charge in [-0.05, 0) is 41.3 Å². The van der Waals surface area contributed by atoms with E-state index in [0.717, 1.165) is 56.0 Å². The molecular formula is C25H23F3N4. The number of nitriles is 1. The third kappa shape index (κ3) is 5.09. The summed E-state index contributed by atoms with van der Waals surface area (Å²) in [5, 5.41) is 9.32. The summed E-state index contributed by atoms with van der Waals surface area (Å²) in [4.78, 5) is 8.43. The third-order valence-corrected chi connectivity index (χ3v) is 5.71. The minimum absolute atomic E-state index is 0.584. The van der Waals surface area contributed by atoms with Crippen molar-refractivity contribution in [2.75, 3.05) is 31.1 Å². The quantitative estimate of drug-likeness (QED) is 0.553. The van der Waals surface area contributed by atoms with Crippen molar-refractivity contribution in [3.63, 3.8) is 0 Å². The molecule has 32 heavy (non-hydrogen) atoms. The highest BCUT2D eigenvalue weighted by molar-refractivity contribution is 5.70. The smallest absolute Gasteiger partial charge is 0.355 e. The molecular weight excluding hydrogens is 413 g/mol. The van der Waals surface area contributed by atoms with Gasteiger partial charge in [0.25, 0.3) is 0 Å². The van der Waals surface area contributed by atoms with E-state index >= 15 is 0 Å². The predicted octanol–water partition coefficient (Wildman–Crippen LogP) is 5.35. The molecule has 1 aliphatic rings. The molecule has 7 heteroatoms. The fourth-order valence-electron chi connectivity index (χ4n) is 3.98. The number of nitrogens with zero attached hydrogens (tertiary/aromatic N) is 4. The van der Waals surface area contributed by atoms with Crippen molar-refractivity contribution in [1.29, 1.82) is 5.26 Å². The van der Waals surface area contributed by atoms with Crippen LogP contribution in [0.15, 0.2) is 66.9 Å². The second-order valence-electron chi connectivity index (χ2n) is 7.87. The van der Waals surface area contributed by atoms with Gasteiger partial charge < -0.3 is 4.90 Å². The maximum atomic E-state index is 12.8. The standard InChI is InChI=1S/C25H23F3N4/c26-25(27,28)22-10-11-24(30-17-22)32-13-3-12-31(14-15-32)18-19-6-8-20(9-7-19)23-5-2-1-4-21(23)16-29/h1-2,4-11,17H,3,12-15,18H2. The molecule has 1 aliphatic heterocycles. The molecule has 0 unspecified atom stereocenters. The summed E-state index contributed by atoms with van der Waals surface area (Å²) in [6.45, 7) is 4.00. The topological polar surface area (TPSA) is 43.2 Å². The van der Waals surface area contributed by atoms with Gasteiger partial charge in [0.15, 0.2) is 0 Å². The fraction of sp³-hybridized carbons (Fsp3) is 0.280. The van der Waals surface area contributed by atoms with Crippen molar-refractivity contribution < 1.29 is 13.2 Å². The van der Waals surface area contributed by atoms with Gasteiger partial charge in [-0.3, -0.25) is 4.90 Å². The number of aromatic nitrogens is 1. The van der Waals surface area contributed by atoms with Crippen LogP contribution >= 0.6 is 0 Å². The van der Waals surface area contributed by atoms with E-state index in [1.807, 2.05) is 41.3 Å². The summed E-state index contributed by atoms with van der Waals surface area (Å²) in [5.74, 6) is 0.584. The highest BCUT2D eigenvalue weighted by Crippen LogP contribution is 2.29. The van der Waals surface area contributed by atoms with E-state index in [1.165, 1.54) is 11.6 Å². The second kappa shape index (κ2) is 9.41. The second-order valence-corrected chi connectivity index (χ2v) is 7.87. The molecule has 2 aromatic carbocycles. The number of pyridine rings is 1. The van der Waals surface area contributed by atoms with Crippen molar-refractivity contribution in [3.8, 4) is 17.2 Å². The van der Waals surface area contributed by atoms with Gasteiger partial charge in [0.2, 0.25) is 0 Å². The van der Waals surface area contributed by atoms with E-state index in [1.54, 1.807) is 0 Å². The molecule has 0 radical (unpaired) electrons. The molecule has 0 aliphatic carbocycles. The van der Waals surface area contributed by atoms with E-state index in [-0.39, 0.29) is 0 Å². The Labute approximate surface area is 185 Å². The fourth-order valence-corrected chi connectivity index (χ4v) is 3.98. The zero-order valence-corrected chi connectivity index (χ0v) is 17.5. The van der Waals surface area contributed by atoms with Crippen molar-refractivity contribution in [1.82, 2.24) is 9.88 Å².